The molecule has 1 heterocycles. The maximum atomic E-state index is 11.4. The van der Waals surface area contributed by atoms with Gasteiger partial charge in [0, 0.05) is 38.1 Å². The van der Waals surface area contributed by atoms with E-state index in [4.69, 9.17) is 5.73 Å². The average Bonchev–Trinajstić information content (AvgIpc) is 2.86. The molecule has 2 rings (SSSR count). The van der Waals surface area contributed by atoms with Gasteiger partial charge < -0.3 is 16.0 Å². The Morgan fingerprint density at radius 2 is 2.05 bits per heavy atom. The molecule has 0 bridgehead atoms. The first-order chi connectivity index (χ1) is 10.5. The highest BCUT2D eigenvalue weighted by Gasteiger charge is 2.43. The van der Waals surface area contributed by atoms with Crippen LogP contribution in [0.4, 0.5) is 0 Å². The lowest BCUT2D eigenvalue weighted by Gasteiger charge is -2.42. The Morgan fingerprint density at radius 1 is 1.36 bits per heavy atom. The number of amidine groups is 1. The van der Waals surface area contributed by atoms with Crippen LogP contribution >= 0.6 is 0 Å². The van der Waals surface area contributed by atoms with Crippen molar-refractivity contribution in [2.24, 2.45) is 22.1 Å². The Kier molecular flexibility index (Phi) is 5.62. The monoisotopic (exact) mass is 306 g/mol. The molecule has 0 radical (unpaired) electrons. The van der Waals surface area contributed by atoms with Crippen molar-refractivity contribution in [3.05, 3.63) is 11.9 Å². The van der Waals surface area contributed by atoms with Crippen molar-refractivity contribution in [1.82, 2.24) is 10.2 Å². The summed E-state index contributed by atoms with van der Waals surface area (Å²) in [5.41, 5.74) is 7.66. The molecule has 1 aliphatic carbocycles. The summed E-state index contributed by atoms with van der Waals surface area (Å²) in [6.45, 7) is 5.97. The fraction of sp³-hybridized carbons (Fsp3) is 0.765. The second-order valence-electron chi connectivity index (χ2n) is 6.94. The lowest BCUT2D eigenvalue weighted by Crippen LogP contribution is -2.48. The Bertz CT molecular complexity index is 448. The zero-order chi connectivity index (χ0) is 16.2. The van der Waals surface area contributed by atoms with Gasteiger partial charge in [0.05, 0.1) is 0 Å². The molecule has 1 aliphatic heterocycles. The van der Waals surface area contributed by atoms with Crippen LogP contribution in [0.25, 0.3) is 0 Å². The summed E-state index contributed by atoms with van der Waals surface area (Å²) in [4.78, 5) is 17.9. The molecule has 124 valence electrons. The Balaban J connectivity index is 2.03. The van der Waals surface area contributed by atoms with Crippen LogP contribution in [0.15, 0.2) is 16.9 Å². The number of aliphatic imine (C=N–C) groups is 1. The second-order valence-corrected chi connectivity index (χ2v) is 6.94. The number of piperidine rings is 1. The van der Waals surface area contributed by atoms with E-state index in [2.05, 4.69) is 29.1 Å². The molecule has 0 aromatic rings. The molecule has 22 heavy (non-hydrogen) atoms. The van der Waals surface area contributed by atoms with Gasteiger partial charge in [-0.2, -0.15) is 0 Å². The van der Waals surface area contributed by atoms with E-state index in [1.54, 1.807) is 6.20 Å². The summed E-state index contributed by atoms with van der Waals surface area (Å²) in [5, 5.41) is 3.13. The standard InChI is InChI=1S/C17H30N4O/c1-13(2)14(19-3)11-20-16(12-22)21-9-7-17(8-10-21)6-4-5-15(17)18/h11-13,15,19H,4-10,18H2,1-3H3/b14-11-,20-16?. The maximum Gasteiger partial charge on any atom is 0.185 e. The highest BCUT2D eigenvalue weighted by Crippen LogP contribution is 2.45. The van der Waals surface area contributed by atoms with Crippen LogP contribution in [0.5, 0.6) is 0 Å². The third-order valence-corrected chi connectivity index (χ3v) is 5.41. The van der Waals surface area contributed by atoms with Crippen molar-refractivity contribution in [2.45, 2.75) is 52.0 Å². The molecule has 1 saturated carbocycles. The molecule has 5 nitrogen and oxygen atoms in total. The van der Waals surface area contributed by atoms with Gasteiger partial charge in [0.15, 0.2) is 12.1 Å². The van der Waals surface area contributed by atoms with E-state index in [0.717, 1.165) is 44.3 Å². The number of carbonyl (C=O) groups is 1. The van der Waals surface area contributed by atoms with Gasteiger partial charge in [0.2, 0.25) is 0 Å². The van der Waals surface area contributed by atoms with E-state index in [1.807, 2.05) is 7.05 Å². The molecule has 1 saturated heterocycles. The van der Waals surface area contributed by atoms with Gasteiger partial charge in [0.1, 0.15) is 0 Å². The van der Waals surface area contributed by atoms with E-state index < -0.39 is 0 Å². The first-order valence-electron chi connectivity index (χ1n) is 8.44. The highest BCUT2D eigenvalue weighted by molar-refractivity contribution is 6.27. The molecule has 2 aliphatic rings. The minimum atomic E-state index is 0.314. The van der Waals surface area contributed by atoms with Crippen LogP contribution in [-0.2, 0) is 4.79 Å². The van der Waals surface area contributed by atoms with Crippen LogP contribution in [0.1, 0.15) is 46.0 Å². The van der Waals surface area contributed by atoms with Gasteiger partial charge in [-0.25, -0.2) is 4.99 Å². The molecule has 0 aromatic carbocycles. The van der Waals surface area contributed by atoms with Crippen molar-refractivity contribution in [3.63, 3.8) is 0 Å². The fourth-order valence-electron chi connectivity index (χ4n) is 3.79. The van der Waals surface area contributed by atoms with Crippen LogP contribution in [0.2, 0.25) is 0 Å². The van der Waals surface area contributed by atoms with Gasteiger partial charge in [-0.1, -0.05) is 20.3 Å². The number of carbonyl (C=O) groups excluding carboxylic acids is 1. The maximum absolute atomic E-state index is 11.4. The normalized spacial score (nSPS) is 25.9. The molecule has 5 heteroatoms. The summed E-state index contributed by atoms with van der Waals surface area (Å²) >= 11 is 0. The van der Waals surface area contributed by atoms with Crippen molar-refractivity contribution >= 4 is 12.1 Å². The number of rotatable bonds is 4. The number of nitrogens with two attached hydrogens (primary N) is 1. The molecular formula is C17H30N4O. The predicted molar refractivity (Wildman–Crippen MR) is 90.5 cm³/mol. The lowest BCUT2D eigenvalue weighted by atomic mass is 9.74. The number of hydrogen-bond donors (Lipinski definition) is 2. The predicted octanol–water partition coefficient (Wildman–Crippen LogP) is 1.89. The molecule has 1 atom stereocenters. The number of likely N-dealkylation sites (tertiary alicyclic amines) is 1. The molecule has 1 unspecified atom stereocenters. The molecule has 2 fully saturated rings. The lowest BCUT2D eigenvalue weighted by molar-refractivity contribution is -0.103. The van der Waals surface area contributed by atoms with E-state index in [0.29, 0.717) is 23.2 Å². The molecule has 0 aromatic heterocycles. The van der Waals surface area contributed by atoms with Crippen molar-refractivity contribution in [2.75, 3.05) is 20.1 Å². The van der Waals surface area contributed by atoms with Crippen LogP contribution < -0.4 is 11.1 Å². The Morgan fingerprint density at radius 3 is 2.50 bits per heavy atom. The summed E-state index contributed by atoms with van der Waals surface area (Å²) in [7, 11) is 1.88. The molecular weight excluding hydrogens is 276 g/mol. The van der Waals surface area contributed by atoms with E-state index in [9.17, 15) is 4.79 Å². The van der Waals surface area contributed by atoms with Gasteiger partial charge in [-0.3, -0.25) is 4.79 Å². The smallest absolute Gasteiger partial charge is 0.185 e. The van der Waals surface area contributed by atoms with Crippen LogP contribution in [-0.4, -0.2) is 43.2 Å². The summed E-state index contributed by atoms with van der Waals surface area (Å²) in [6, 6.07) is 0.336. The average molecular weight is 306 g/mol. The van der Waals surface area contributed by atoms with Crippen molar-refractivity contribution in [3.8, 4) is 0 Å². The van der Waals surface area contributed by atoms with Crippen LogP contribution in [0.3, 0.4) is 0 Å². The minimum Gasteiger partial charge on any atom is -0.390 e. The number of allylic oxidation sites excluding steroid dienone is 1. The van der Waals surface area contributed by atoms with Gasteiger partial charge in [-0.05, 0) is 37.0 Å². The van der Waals surface area contributed by atoms with E-state index in [-0.39, 0.29) is 0 Å². The third kappa shape index (κ3) is 3.51. The third-order valence-electron chi connectivity index (χ3n) is 5.41. The zero-order valence-electron chi connectivity index (χ0n) is 14.1. The second kappa shape index (κ2) is 7.27. The quantitative estimate of drug-likeness (QED) is 0.473. The van der Waals surface area contributed by atoms with E-state index >= 15 is 0 Å². The summed E-state index contributed by atoms with van der Waals surface area (Å²) in [6.07, 6.45) is 8.45. The fourth-order valence-corrected chi connectivity index (χ4v) is 3.79. The summed E-state index contributed by atoms with van der Waals surface area (Å²) in [5.74, 6) is 0.901. The summed E-state index contributed by atoms with van der Waals surface area (Å²) < 4.78 is 0. The SMILES string of the molecule is CN/C(=C\N=C(C=O)N1CCC2(CCCC2N)CC1)C(C)C. The molecule has 3 N–H and O–H groups in total. The Hall–Kier alpha value is -1.36. The van der Waals surface area contributed by atoms with Crippen LogP contribution in [0, 0.1) is 11.3 Å². The molecule has 0 amide bonds. The number of nitrogens with zero attached hydrogens (tertiary/aromatic N) is 2. The van der Waals surface area contributed by atoms with Gasteiger partial charge in [0.25, 0.3) is 0 Å². The van der Waals surface area contributed by atoms with Crippen molar-refractivity contribution in [1.29, 1.82) is 0 Å². The Labute approximate surface area is 134 Å². The van der Waals surface area contributed by atoms with Gasteiger partial charge in [-0.15, -0.1) is 0 Å². The largest absolute Gasteiger partial charge is 0.390 e. The minimum absolute atomic E-state index is 0.314. The highest BCUT2D eigenvalue weighted by atomic mass is 16.1. The van der Waals surface area contributed by atoms with E-state index in [1.165, 1.54) is 12.8 Å². The zero-order valence-corrected chi connectivity index (χ0v) is 14.1. The number of aldehydes is 1. The first-order valence-corrected chi connectivity index (χ1v) is 8.44. The topological polar surface area (TPSA) is 70.7 Å². The number of nitrogens with one attached hydrogen (secondary N) is 1. The molecule has 1 spiro atoms. The first kappa shape index (κ1) is 17.0. The van der Waals surface area contributed by atoms with Gasteiger partial charge >= 0.3 is 0 Å². The van der Waals surface area contributed by atoms with Crippen molar-refractivity contribution < 1.29 is 4.79 Å². The number of hydrogen-bond acceptors (Lipinski definition) is 4.